The normalized spacial score (nSPS) is 10.6. The second-order valence-electron chi connectivity index (χ2n) is 5.68. The van der Waals surface area contributed by atoms with Gasteiger partial charge in [-0.05, 0) is 69.2 Å². The van der Waals surface area contributed by atoms with Gasteiger partial charge in [-0.3, -0.25) is 4.79 Å². The van der Waals surface area contributed by atoms with Crippen LogP contribution >= 0.6 is 0 Å². The van der Waals surface area contributed by atoms with Gasteiger partial charge in [0.1, 0.15) is 5.75 Å². The maximum Gasteiger partial charge on any atom is 0.256 e. The number of ether oxygens (including phenoxy) is 1. The van der Waals surface area contributed by atoms with Crippen molar-refractivity contribution in [3.05, 3.63) is 53.1 Å². The minimum Gasteiger partial charge on any atom is -0.491 e. The lowest BCUT2D eigenvalue weighted by Gasteiger charge is -2.14. The van der Waals surface area contributed by atoms with Crippen molar-refractivity contribution in [2.24, 2.45) is 0 Å². The Bertz CT molecular complexity index is 693. The molecule has 0 saturated carbocycles. The molecule has 0 aliphatic heterocycles. The van der Waals surface area contributed by atoms with E-state index in [9.17, 15) is 4.79 Å². The third kappa shape index (κ3) is 3.79. The second kappa shape index (κ2) is 6.52. The van der Waals surface area contributed by atoms with Gasteiger partial charge < -0.3 is 15.8 Å². The van der Waals surface area contributed by atoms with Crippen molar-refractivity contribution in [2.75, 3.05) is 11.1 Å². The van der Waals surface area contributed by atoms with Gasteiger partial charge in [0.05, 0.1) is 6.10 Å². The van der Waals surface area contributed by atoms with Crippen LogP contribution in [-0.4, -0.2) is 12.0 Å². The lowest BCUT2D eigenvalue weighted by Crippen LogP contribution is -2.14. The van der Waals surface area contributed by atoms with Gasteiger partial charge in [0.2, 0.25) is 0 Å². The topological polar surface area (TPSA) is 64.4 Å². The van der Waals surface area contributed by atoms with Crippen LogP contribution in [0.15, 0.2) is 36.4 Å². The molecule has 2 aromatic carbocycles. The second-order valence-corrected chi connectivity index (χ2v) is 5.68. The maximum atomic E-state index is 12.4. The lowest BCUT2D eigenvalue weighted by molar-refractivity contribution is 0.102. The zero-order valence-corrected chi connectivity index (χ0v) is 13.4. The summed E-state index contributed by atoms with van der Waals surface area (Å²) >= 11 is 0. The van der Waals surface area contributed by atoms with E-state index in [0.717, 1.165) is 22.6 Å². The molecule has 0 aliphatic carbocycles. The van der Waals surface area contributed by atoms with Crippen molar-refractivity contribution >= 4 is 17.3 Å². The van der Waals surface area contributed by atoms with E-state index in [1.807, 2.05) is 52.0 Å². The summed E-state index contributed by atoms with van der Waals surface area (Å²) in [6.45, 7) is 7.81. The summed E-state index contributed by atoms with van der Waals surface area (Å²) in [7, 11) is 0. The first-order valence-corrected chi connectivity index (χ1v) is 7.31. The molecule has 1 amide bonds. The molecule has 0 unspecified atom stereocenters. The van der Waals surface area contributed by atoms with Crippen molar-refractivity contribution in [3.63, 3.8) is 0 Å². The fourth-order valence-corrected chi connectivity index (χ4v) is 2.20. The molecular formula is C18H22N2O2. The van der Waals surface area contributed by atoms with Gasteiger partial charge in [-0.25, -0.2) is 0 Å². The van der Waals surface area contributed by atoms with Crippen LogP contribution in [0, 0.1) is 13.8 Å². The van der Waals surface area contributed by atoms with Crippen LogP contribution in [0.3, 0.4) is 0 Å². The van der Waals surface area contributed by atoms with Gasteiger partial charge in [0.25, 0.3) is 5.91 Å². The lowest BCUT2D eigenvalue weighted by atomic mass is 10.1. The predicted molar refractivity (Wildman–Crippen MR) is 90.5 cm³/mol. The average molecular weight is 298 g/mol. The number of carbonyl (C=O) groups excluding carboxylic acids is 1. The number of hydrogen-bond donors (Lipinski definition) is 2. The summed E-state index contributed by atoms with van der Waals surface area (Å²) in [5, 5.41) is 2.90. The zero-order chi connectivity index (χ0) is 16.3. The molecule has 0 aromatic heterocycles. The van der Waals surface area contributed by atoms with E-state index in [4.69, 9.17) is 10.5 Å². The fourth-order valence-electron chi connectivity index (χ4n) is 2.20. The van der Waals surface area contributed by atoms with Gasteiger partial charge in [0, 0.05) is 16.9 Å². The minimum atomic E-state index is -0.165. The first-order chi connectivity index (χ1) is 10.4. The Balaban J connectivity index is 2.18. The molecule has 0 saturated heterocycles. The molecule has 4 heteroatoms. The Kier molecular flexibility index (Phi) is 4.71. The van der Waals surface area contributed by atoms with Crippen LogP contribution in [0.1, 0.15) is 35.3 Å². The monoisotopic (exact) mass is 298 g/mol. The van der Waals surface area contributed by atoms with Crippen LogP contribution in [0.25, 0.3) is 0 Å². The molecule has 0 bridgehead atoms. The number of amides is 1. The van der Waals surface area contributed by atoms with Crippen molar-refractivity contribution in [2.45, 2.75) is 33.8 Å². The summed E-state index contributed by atoms with van der Waals surface area (Å²) in [6, 6.07) is 10.9. The highest BCUT2D eigenvalue weighted by molar-refractivity contribution is 6.05. The number of carbonyl (C=O) groups is 1. The van der Waals surface area contributed by atoms with Gasteiger partial charge in [-0.2, -0.15) is 0 Å². The first-order valence-electron chi connectivity index (χ1n) is 7.31. The molecule has 0 heterocycles. The van der Waals surface area contributed by atoms with Gasteiger partial charge in [0.15, 0.2) is 0 Å². The third-order valence-electron chi connectivity index (χ3n) is 3.30. The standard InChI is InChI=1S/C18H22N2O2/c1-11(2)22-17-8-7-15(9-13(17)4)20-18(21)16-10-14(19)6-5-12(16)3/h5-11H,19H2,1-4H3,(H,20,21). The summed E-state index contributed by atoms with van der Waals surface area (Å²) in [6.07, 6.45) is 0.120. The highest BCUT2D eigenvalue weighted by Crippen LogP contribution is 2.24. The third-order valence-corrected chi connectivity index (χ3v) is 3.30. The van der Waals surface area contributed by atoms with E-state index < -0.39 is 0 Å². The summed E-state index contributed by atoms with van der Waals surface area (Å²) in [5.74, 6) is 0.662. The zero-order valence-electron chi connectivity index (χ0n) is 13.4. The molecule has 4 nitrogen and oxygen atoms in total. The molecule has 22 heavy (non-hydrogen) atoms. The Morgan fingerprint density at radius 2 is 1.82 bits per heavy atom. The molecule has 0 atom stereocenters. The van der Waals surface area contributed by atoms with E-state index in [2.05, 4.69) is 5.32 Å². The first kappa shape index (κ1) is 15.9. The van der Waals surface area contributed by atoms with Gasteiger partial charge >= 0.3 is 0 Å². The SMILES string of the molecule is Cc1cc(NC(=O)c2cc(N)ccc2C)ccc1OC(C)C. The Morgan fingerprint density at radius 1 is 1.09 bits per heavy atom. The summed E-state index contributed by atoms with van der Waals surface area (Å²) < 4.78 is 5.70. The average Bonchev–Trinajstić information content (AvgIpc) is 2.44. The van der Waals surface area contributed by atoms with Gasteiger partial charge in [-0.1, -0.05) is 6.07 Å². The van der Waals surface area contributed by atoms with E-state index in [-0.39, 0.29) is 12.0 Å². The molecule has 116 valence electrons. The number of benzene rings is 2. The number of hydrogen-bond acceptors (Lipinski definition) is 3. The van der Waals surface area contributed by atoms with Gasteiger partial charge in [-0.15, -0.1) is 0 Å². The smallest absolute Gasteiger partial charge is 0.256 e. The highest BCUT2D eigenvalue weighted by Gasteiger charge is 2.11. The van der Waals surface area contributed by atoms with Crippen LogP contribution < -0.4 is 15.8 Å². The van der Waals surface area contributed by atoms with E-state index in [0.29, 0.717) is 11.3 Å². The van der Waals surface area contributed by atoms with Crippen molar-refractivity contribution in [3.8, 4) is 5.75 Å². The minimum absolute atomic E-state index is 0.120. The number of rotatable bonds is 4. The van der Waals surface area contributed by atoms with Crippen LogP contribution in [-0.2, 0) is 0 Å². The molecule has 3 N–H and O–H groups in total. The molecule has 0 spiro atoms. The fraction of sp³-hybridized carbons (Fsp3) is 0.278. The molecule has 2 rings (SSSR count). The number of anilines is 2. The van der Waals surface area contributed by atoms with E-state index in [1.54, 1.807) is 12.1 Å². The maximum absolute atomic E-state index is 12.4. The number of aryl methyl sites for hydroxylation is 2. The highest BCUT2D eigenvalue weighted by atomic mass is 16.5. The molecule has 2 aromatic rings. The Labute approximate surface area is 131 Å². The molecule has 0 radical (unpaired) electrons. The molecule has 0 aliphatic rings. The van der Waals surface area contributed by atoms with Crippen LogP contribution in [0.2, 0.25) is 0 Å². The van der Waals surface area contributed by atoms with Crippen LogP contribution in [0.5, 0.6) is 5.75 Å². The molecular weight excluding hydrogens is 276 g/mol. The Hall–Kier alpha value is -2.49. The predicted octanol–water partition coefficient (Wildman–Crippen LogP) is 3.93. The summed E-state index contributed by atoms with van der Waals surface area (Å²) in [4.78, 5) is 12.4. The van der Waals surface area contributed by atoms with Crippen LogP contribution in [0.4, 0.5) is 11.4 Å². The Morgan fingerprint density at radius 3 is 2.45 bits per heavy atom. The molecule has 0 fully saturated rings. The van der Waals surface area contributed by atoms with Crippen molar-refractivity contribution < 1.29 is 9.53 Å². The number of nitrogens with one attached hydrogen (secondary N) is 1. The van der Waals surface area contributed by atoms with E-state index >= 15 is 0 Å². The number of nitrogens with two attached hydrogens (primary N) is 1. The number of nitrogen functional groups attached to an aromatic ring is 1. The largest absolute Gasteiger partial charge is 0.491 e. The summed E-state index contributed by atoms with van der Waals surface area (Å²) in [5.41, 5.74) is 9.52. The quantitative estimate of drug-likeness (QED) is 0.841. The van der Waals surface area contributed by atoms with E-state index in [1.165, 1.54) is 0 Å². The van der Waals surface area contributed by atoms with Crippen molar-refractivity contribution in [1.82, 2.24) is 0 Å². The van der Waals surface area contributed by atoms with Crippen molar-refractivity contribution in [1.29, 1.82) is 0 Å².